The number of halogens is 1. The van der Waals surface area contributed by atoms with Crippen LogP contribution >= 0.6 is 15.9 Å². The molecule has 20 heavy (non-hydrogen) atoms. The third-order valence-electron chi connectivity index (χ3n) is 2.39. The van der Waals surface area contributed by atoms with E-state index in [1.165, 1.54) is 0 Å². The molecule has 0 spiro atoms. The number of carbonyl (C=O) groups excluding carboxylic acids is 1. The van der Waals surface area contributed by atoms with Crippen LogP contribution in [0, 0.1) is 0 Å². The number of hydrogen-bond donors (Lipinski definition) is 1. The van der Waals surface area contributed by atoms with Crippen molar-refractivity contribution in [2.75, 3.05) is 6.61 Å². The topological polar surface area (TPSA) is 50.7 Å². The fraction of sp³-hybridized carbons (Fsp3) is 0.0667. The van der Waals surface area contributed by atoms with Crippen molar-refractivity contribution in [1.82, 2.24) is 5.43 Å². The van der Waals surface area contributed by atoms with Gasteiger partial charge in [-0.15, -0.1) is 0 Å². The maximum Gasteiger partial charge on any atom is 0.277 e. The predicted octanol–water partition coefficient (Wildman–Crippen LogP) is 2.98. The van der Waals surface area contributed by atoms with Gasteiger partial charge >= 0.3 is 0 Å². The highest BCUT2D eigenvalue weighted by atomic mass is 79.9. The van der Waals surface area contributed by atoms with Crippen molar-refractivity contribution < 1.29 is 9.53 Å². The third-order valence-corrected chi connectivity index (χ3v) is 2.91. The van der Waals surface area contributed by atoms with Crippen LogP contribution in [0.1, 0.15) is 5.56 Å². The van der Waals surface area contributed by atoms with Crippen molar-refractivity contribution in [2.45, 2.75) is 0 Å². The van der Waals surface area contributed by atoms with E-state index < -0.39 is 0 Å². The van der Waals surface area contributed by atoms with E-state index in [0.717, 1.165) is 10.0 Å². The first-order valence-corrected chi connectivity index (χ1v) is 6.78. The number of rotatable bonds is 5. The summed E-state index contributed by atoms with van der Waals surface area (Å²) in [5.74, 6) is 0.349. The molecule has 0 aliphatic heterocycles. The third kappa shape index (κ3) is 4.85. The Morgan fingerprint density at radius 3 is 2.55 bits per heavy atom. The number of nitrogens with one attached hydrogen (secondary N) is 1. The molecule has 0 aromatic heterocycles. The van der Waals surface area contributed by atoms with Gasteiger partial charge in [-0.25, -0.2) is 5.43 Å². The van der Waals surface area contributed by atoms with E-state index in [0.29, 0.717) is 5.75 Å². The molecule has 0 atom stereocenters. The Morgan fingerprint density at radius 2 is 1.85 bits per heavy atom. The van der Waals surface area contributed by atoms with Crippen LogP contribution < -0.4 is 10.2 Å². The van der Waals surface area contributed by atoms with Crippen LogP contribution in [-0.2, 0) is 4.79 Å². The molecule has 0 heterocycles. The predicted molar refractivity (Wildman–Crippen MR) is 81.8 cm³/mol. The van der Waals surface area contributed by atoms with Crippen LogP contribution in [0.15, 0.2) is 64.2 Å². The highest BCUT2D eigenvalue weighted by Crippen LogP contribution is 2.09. The van der Waals surface area contributed by atoms with Gasteiger partial charge in [-0.05, 0) is 29.8 Å². The lowest BCUT2D eigenvalue weighted by molar-refractivity contribution is -0.123. The summed E-state index contributed by atoms with van der Waals surface area (Å²) in [4.78, 5) is 11.5. The number of amides is 1. The van der Waals surface area contributed by atoms with E-state index in [4.69, 9.17) is 4.74 Å². The molecule has 2 rings (SSSR count). The Kier molecular flexibility index (Phi) is 5.32. The SMILES string of the molecule is O=C(COc1ccccc1)NN=Cc1ccc(Br)cc1. The normalized spacial score (nSPS) is 10.4. The van der Waals surface area contributed by atoms with Crippen LogP contribution in [0.2, 0.25) is 0 Å². The first-order chi connectivity index (χ1) is 9.74. The van der Waals surface area contributed by atoms with Crippen molar-refractivity contribution in [3.05, 3.63) is 64.6 Å². The molecule has 0 aliphatic carbocycles. The fourth-order valence-corrected chi connectivity index (χ4v) is 1.69. The molecule has 102 valence electrons. The van der Waals surface area contributed by atoms with Crippen molar-refractivity contribution in [3.8, 4) is 5.75 Å². The minimum atomic E-state index is -0.304. The second kappa shape index (κ2) is 7.45. The Balaban J connectivity index is 1.76. The number of nitrogens with zero attached hydrogens (tertiary/aromatic N) is 1. The molecule has 1 amide bonds. The van der Waals surface area contributed by atoms with E-state index in [2.05, 4.69) is 26.5 Å². The molecule has 0 fully saturated rings. The van der Waals surface area contributed by atoms with Gasteiger partial charge in [0.1, 0.15) is 5.75 Å². The molecule has 0 bridgehead atoms. The summed E-state index contributed by atoms with van der Waals surface area (Å²) in [6.45, 7) is -0.0678. The summed E-state index contributed by atoms with van der Waals surface area (Å²) in [5.41, 5.74) is 3.31. The maximum atomic E-state index is 11.5. The highest BCUT2D eigenvalue weighted by molar-refractivity contribution is 9.10. The van der Waals surface area contributed by atoms with Gasteiger partial charge in [-0.3, -0.25) is 4.79 Å². The molecule has 0 radical (unpaired) electrons. The summed E-state index contributed by atoms with van der Waals surface area (Å²) in [5, 5.41) is 3.86. The van der Waals surface area contributed by atoms with E-state index in [1.54, 1.807) is 18.3 Å². The Labute approximate surface area is 125 Å². The van der Waals surface area contributed by atoms with Crippen molar-refractivity contribution in [1.29, 1.82) is 0 Å². The van der Waals surface area contributed by atoms with E-state index in [9.17, 15) is 4.79 Å². The van der Waals surface area contributed by atoms with Crippen LogP contribution in [-0.4, -0.2) is 18.7 Å². The lowest BCUT2D eigenvalue weighted by atomic mass is 10.2. The Hall–Kier alpha value is -2.14. The monoisotopic (exact) mass is 332 g/mol. The number of hydrazone groups is 1. The highest BCUT2D eigenvalue weighted by Gasteiger charge is 2.00. The molecule has 0 unspecified atom stereocenters. The molecule has 5 heteroatoms. The molecule has 1 N–H and O–H groups in total. The van der Waals surface area contributed by atoms with Gasteiger partial charge in [-0.2, -0.15) is 5.10 Å². The van der Waals surface area contributed by atoms with Crippen molar-refractivity contribution in [3.63, 3.8) is 0 Å². The van der Waals surface area contributed by atoms with Gasteiger partial charge < -0.3 is 4.74 Å². The Bertz CT molecular complexity index is 583. The first kappa shape index (κ1) is 14.3. The van der Waals surface area contributed by atoms with Crippen LogP contribution in [0.4, 0.5) is 0 Å². The lowest BCUT2D eigenvalue weighted by Gasteiger charge is -2.04. The summed E-state index contributed by atoms with van der Waals surface area (Å²) < 4.78 is 6.29. The Morgan fingerprint density at radius 1 is 1.15 bits per heavy atom. The zero-order valence-electron chi connectivity index (χ0n) is 10.6. The van der Waals surface area contributed by atoms with Crippen LogP contribution in [0.25, 0.3) is 0 Å². The second-order valence-electron chi connectivity index (χ2n) is 3.95. The van der Waals surface area contributed by atoms with Crippen molar-refractivity contribution in [2.24, 2.45) is 5.10 Å². The smallest absolute Gasteiger partial charge is 0.277 e. The lowest BCUT2D eigenvalue weighted by Crippen LogP contribution is -2.24. The zero-order chi connectivity index (χ0) is 14.2. The van der Waals surface area contributed by atoms with Crippen LogP contribution in [0.3, 0.4) is 0 Å². The molecule has 0 saturated carbocycles. The van der Waals surface area contributed by atoms with Gasteiger partial charge in [0, 0.05) is 4.47 Å². The maximum absolute atomic E-state index is 11.5. The summed E-state index contributed by atoms with van der Waals surface area (Å²) in [6.07, 6.45) is 1.58. The largest absolute Gasteiger partial charge is 0.484 e. The van der Waals surface area contributed by atoms with Gasteiger partial charge in [0.05, 0.1) is 6.21 Å². The van der Waals surface area contributed by atoms with Gasteiger partial charge in [0.15, 0.2) is 6.61 Å². The molecular weight excluding hydrogens is 320 g/mol. The van der Waals surface area contributed by atoms with Gasteiger partial charge in [0.25, 0.3) is 5.91 Å². The number of hydrogen-bond acceptors (Lipinski definition) is 3. The number of ether oxygens (including phenoxy) is 1. The van der Waals surface area contributed by atoms with Gasteiger partial charge in [0.2, 0.25) is 0 Å². The molecule has 2 aromatic carbocycles. The molecule has 2 aromatic rings. The second-order valence-corrected chi connectivity index (χ2v) is 4.86. The molecule has 4 nitrogen and oxygen atoms in total. The standard InChI is InChI=1S/C15H13BrN2O2/c16-13-8-6-12(7-9-13)10-17-18-15(19)11-20-14-4-2-1-3-5-14/h1-10H,11H2,(H,18,19). The molecular formula is C15H13BrN2O2. The summed E-state index contributed by atoms with van der Waals surface area (Å²) in [7, 11) is 0. The summed E-state index contributed by atoms with van der Waals surface area (Å²) in [6, 6.07) is 16.7. The van der Waals surface area contributed by atoms with E-state index in [-0.39, 0.29) is 12.5 Å². The van der Waals surface area contributed by atoms with Crippen molar-refractivity contribution >= 4 is 28.1 Å². The van der Waals surface area contributed by atoms with E-state index >= 15 is 0 Å². The zero-order valence-corrected chi connectivity index (χ0v) is 12.2. The molecule has 0 aliphatic rings. The average Bonchev–Trinajstić information content (AvgIpc) is 2.48. The van der Waals surface area contributed by atoms with Gasteiger partial charge in [-0.1, -0.05) is 46.3 Å². The minimum absolute atomic E-state index is 0.0678. The minimum Gasteiger partial charge on any atom is -0.484 e. The quantitative estimate of drug-likeness (QED) is 0.676. The fourth-order valence-electron chi connectivity index (χ4n) is 1.43. The summed E-state index contributed by atoms with van der Waals surface area (Å²) >= 11 is 3.35. The molecule has 0 saturated heterocycles. The van der Waals surface area contributed by atoms with Crippen LogP contribution in [0.5, 0.6) is 5.75 Å². The number of para-hydroxylation sites is 1. The number of benzene rings is 2. The van der Waals surface area contributed by atoms with E-state index in [1.807, 2.05) is 42.5 Å². The average molecular weight is 333 g/mol. The first-order valence-electron chi connectivity index (χ1n) is 5.99. The number of carbonyl (C=O) groups is 1.